The van der Waals surface area contributed by atoms with E-state index in [1.54, 1.807) is 66.8 Å². The van der Waals surface area contributed by atoms with Gasteiger partial charge in [0.05, 0.1) is 16.3 Å². The molecule has 1 N–H and O–H groups in total. The SMILES string of the molecule is Cn1ccc(-c2nc(NS(=O)(=O)CCc3cccnc3)c(C#N)nc2-c2cc(Cl)c3ncccc3c2)n1. The number of sulfonamides is 1. The first kappa shape index (κ1) is 24.3. The first-order chi connectivity index (χ1) is 17.8. The van der Waals surface area contributed by atoms with Crippen molar-refractivity contribution in [2.75, 3.05) is 10.5 Å². The third-order valence-corrected chi connectivity index (χ3v) is 7.06. The molecule has 0 atom stereocenters. The number of nitriles is 1. The fraction of sp³-hybridized carbons (Fsp3) is 0.120. The minimum Gasteiger partial charge on any atom is -0.275 e. The van der Waals surface area contributed by atoms with Gasteiger partial charge < -0.3 is 0 Å². The molecule has 10 nitrogen and oxygen atoms in total. The van der Waals surface area contributed by atoms with Gasteiger partial charge in [-0.1, -0.05) is 23.7 Å². The average Bonchev–Trinajstić information content (AvgIpc) is 3.34. The number of halogens is 1. The van der Waals surface area contributed by atoms with E-state index in [2.05, 4.69) is 29.8 Å². The molecule has 0 radical (unpaired) electrons. The summed E-state index contributed by atoms with van der Waals surface area (Å²) < 4.78 is 29.8. The van der Waals surface area contributed by atoms with Gasteiger partial charge in [0.25, 0.3) is 0 Å². The van der Waals surface area contributed by atoms with Gasteiger partial charge in [-0.15, -0.1) is 0 Å². The van der Waals surface area contributed by atoms with E-state index in [-0.39, 0.29) is 23.7 Å². The molecule has 5 aromatic rings. The third kappa shape index (κ3) is 5.25. The molecule has 0 aliphatic heterocycles. The van der Waals surface area contributed by atoms with Gasteiger partial charge >= 0.3 is 0 Å². The van der Waals surface area contributed by atoms with E-state index < -0.39 is 10.0 Å². The molecule has 0 fully saturated rings. The van der Waals surface area contributed by atoms with Crippen molar-refractivity contribution in [3.05, 3.63) is 83.5 Å². The van der Waals surface area contributed by atoms with Crippen LogP contribution >= 0.6 is 11.6 Å². The van der Waals surface area contributed by atoms with Crippen molar-refractivity contribution < 1.29 is 8.42 Å². The van der Waals surface area contributed by atoms with E-state index in [9.17, 15) is 13.7 Å². The van der Waals surface area contributed by atoms with Gasteiger partial charge in [0.15, 0.2) is 11.5 Å². The van der Waals surface area contributed by atoms with E-state index in [0.717, 1.165) is 10.9 Å². The molecule has 0 spiro atoms. The zero-order valence-electron chi connectivity index (χ0n) is 19.5. The number of aromatic nitrogens is 6. The number of hydrogen-bond donors (Lipinski definition) is 1. The smallest absolute Gasteiger partial charge is 0.234 e. The van der Waals surface area contributed by atoms with Gasteiger partial charge in [-0.25, -0.2) is 18.4 Å². The molecule has 0 unspecified atom stereocenters. The van der Waals surface area contributed by atoms with Crippen LogP contribution in [0.3, 0.4) is 0 Å². The second-order valence-electron chi connectivity index (χ2n) is 8.17. The molecular formula is C25H19ClN8O2S. The lowest BCUT2D eigenvalue weighted by atomic mass is 10.0. The molecule has 4 aromatic heterocycles. The number of rotatable bonds is 7. The average molecular weight is 531 g/mol. The highest BCUT2D eigenvalue weighted by molar-refractivity contribution is 7.92. The lowest BCUT2D eigenvalue weighted by molar-refractivity contribution is 0.600. The van der Waals surface area contributed by atoms with Crippen molar-refractivity contribution in [1.29, 1.82) is 5.26 Å². The largest absolute Gasteiger partial charge is 0.275 e. The predicted octanol–water partition coefficient (Wildman–Crippen LogP) is 4.00. The molecule has 5 rings (SSSR count). The van der Waals surface area contributed by atoms with E-state index >= 15 is 0 Å². The number of nitrogens with zero attached hydrogens (tertiary/aromatic N) is 7. The Morgan fingerprint density at radius 3 is 2.68 bits per heavy atom. The number of nitrogens with one attached hydrogen (secondary N) is 1. The molecule has 0 aliphatic carbocycles. The Morgan fingerprint density at radius 1 is 1.11 bits per heavy atom. The van der Waals surface area contributed by atoms with E-state index in [1.807, 2.05) is 18.2 Å². The Balaban J connectivity index is 1.60. The minimum absolute atomic E-state index is 0.174. The quantitative estimate of drug-likeness (QED) is 0.333. The molecule has 4 heterocycles. The molecule has 0 saturated carbocycles. The molecular weight excluding hydrogens is 512 g/mol. The standard InChI is InChI=1S/C25H19ClN8O2S/c1-34-10-6-20(32-34)24-23(18-12-17-5-3-9-29-22(17)19(26)13-18)30-21(14-27)25(31-24)33-37(35,36)11-7-16-4-2-8-28-15-16/h2-6,8-10,12-13,15H,7,11H2,1H3,(H,31,33). The van der Waals surface area contributed by atoms with Crippen LogP contribution in [0.25, 0.3) is 33.5 Å². The number of aryl methyl sites for hydroxylation is 2. The van der Waals surface area contributed by atoms with E-state index in [1.165, 1.54) is 0 Å². The van der Waals surface area contributed by atoms with Crippen molar-refractivity contribution in [2.45, 2.75) is 6.42 Å². The molecule has 37 heavy (non-hydrogen) atoms. The lowest BCUT2D eigenvalue weighted by Gasteiger charge is -2.13. The van der Waals surface area contributed by atoms with Crippen molar-refractivity contribution in [1.82, 2.24) is 29.7 Å². The number of pyridine rings is 2. The van der Waals surface area contributed by atoms with Gasteiger partial charge in [0, 0.05) is 42.8 Å². The summed E-state index contributed by atoms with van der Waals surface area (Å²) in [5, 5.41) is 15.4. The summed E-state index contributed by atoms with van der Waals surface area (Å²) in [5.41, 5.74) is 2.88. The maximum absolute atomic E-state index is 12.9. The Hall–Kier alpha value is -4.40. The Kier molecular flexibility index (Phi) is 6.52. The fourth-order valence-corrected chi connectivity index (χ4v) is 5.11. The molecule has 0 amide bonds. The zero-order valence-corrected chi connectivity index (χ0v) is 21.1. The lowest BCUT2D eigenvalue weighted by Crippen LogP contribution is -2.20. The summed E-state index contributed by atoms with van der Waals surface area (Å²) in [6, 6.07) is 14.4. The molecule has 0 aliphatic rings. The summed E-state index contributed by atoms with van der Waals surface area (Å²) in [6.07, 6.45) is 6.84. The van der Waals surface area contributed by atoms with Gasteiger partial charge in [0.2, 0.25) is 10.0 Å². The minimum atomic E-state index is -3.86. The van der Waals surface area contributed by atoms with Crippen LogP contribution in [0, 0.1) is 11.3 Å². The molecule has 1 aromatic carbocycles. The van der Waals surface area contributed by atoms with Crippen LogP contribution in [0.15, 0.2) is 67.3 Å². The fourth-order valence-electron chi connectivity index (χ4n) is 3.79. The van der Waals surface area contributed by atoms with Crippen LogP contribution in [0.5, 0.6) is 0 Å². The summed E-state index contributed by atoms with van der Waals surface area (Å²) in [6.45, 7) is 0. The molecule has 0 bridgehead atoms. The van der Waals surface area contributed by atoms with Crippen molar-refractivity contribution >= 4 is 38.3 Å². The third-order valence-electron chi connectivity index (χ3n) is 5.52. The van der Waals surface area contributed by atoms with Crippen LogP contribution in [-0.2, 0) is 23.5 Å². The van der Waals surface area contributed by atoms with Crippen LogP contribution in [0.2, 0.25) is 5.02 Å². The molecule has 12 heteroatoms. The van der Waals surface area contributed by atoms with Crippen LogP contribution < -0.4 is 4.72 Å². The van der Waals surface area contributed by atoms with Crippen LogP contribution in [-0.4, -0.2) is 43.9 Å². The van der Waals surface area contributed by atoms with Crippen molar-refractivity contribution in [3.63, 3.8) is 0 Å². The highest BCUT2D eigenvalue weighted by Crippen LogP contribution is 2.34. The predicted molar refractivity (Wildman–Crippen MR) is 140 cm³/mol. The summed E-state index contributed by atoms with van der Waals surface area (Å²) in [7, 11) is -2.11. The van der Waals surface area contributed by atoms with Gasteiger partial charge in [-0.2, -0.15) is 10.4 Å². The maximum atomic E-state index is 12.9. The molecule has 0 saturated heterocycles. The van der Waals surface area contributed by atoms with Gasteiger partial charge in [-0.05, 0) is 42.3 Å². The van der Waals surface area contributed by atoms with Crippen molar-refractivity contribution in [3.8, 4) is 28.7 Å². The second kappa shape index (κ2) is 9.93. The van der Waals surface area contributed by atoms with E-state index in [0.29, 0.717) is 33.2 Å². The monoisotopic (exact) mass is 530 g/mol. The highest BCUT2D eigenvalue weighted by atomic mass is 35.5. The first-order valence-corrected chi connectivity index (χ1v) is 13.1. The number of anilines is 1. The Bertz CT molecular complexity index is 1770. The second-order valence-corrected chi connectivity index (χ2v) is 10.4. The maximum Gasteiger partial charge on any atom is 0.234 e. The topological polar surface area (TPSA) is 139 Å². The number of hydrogen-bond acceptors (Lipinski definition) is 8. The summed E-state index contributed by atoms with van der Waals surface area (Å²) >= 11 is 6.50. The number of fused-ring (bicyclic) bond motifs is 1. The normalized spacial score (nSPS) is 11.4. The van der Waals surface area contributed by atoms with Crippen LogP contribution in [0.4, 0.5) is 5.82 Å². The number of benzene rings is 1. The van der Waals surface area contributed by atoms with Crippen LogP contribution in [0.1, 0.15) is 11.3 Å². The summed E-state index contributed by atoms with van der Waals surface area (Å²) in [4.78, 5) is 17.4. The first-order valence-electron chi connectivity index (χ1n) is 11.1. The Labute approximate surface area is 217 Å². The van der Waals surface area contributed by atoms with Gasteiger partial charge in [0.1, 0.15) is 23.2 Å². The Morgan fingerprint density at radius 2 is 1.95 bits per heavy atom. The molecule has 184 valence electrons. The van der Waals surface area contributed by atoms with Crippen molar-refractivity contribution in [2.24, 2.45) is 7.05 Å². The zero-order chi connectivity index (χ0) is 26.0. The highest BCUT2D eigenvalue weighted by Gasteiger charge is 2.22. The summed E-state index contributed by atoms with van der Waals surface area (Å²) in [5.74, 6) is -0.397. The van der Waals surface area contributed by atoms with E-state index in [4.69, 9.17) is 11.6 Å². The van der Waals surface area contributed by atoms with Gasteiger partial charge in [-0.3, -0.25) is 19.4 Å².